The monoisotopic (exact) mass is 339 g/mol. The fourth-order valence-electron chi connectivity index (χ4n) is 2.80. The molecule has 24 heavy (non-hydrogen) atoms. The number of para-hydroxylation sites is 1. The first-order valence-corrected chi connectivity index (χ1v) is 8.80. The summed E-state index contributed by atoms with van der Waals surface area (Å²) in [6, 6.07) is 11.9. The summed E-state index contributed by atoms with van der Waals surface area (Å²) in [4.78, 5) is 16.8. The van der Waals surface area contributed by atoms with Gasteiger partial charge in [0.1, 0.15) is 0 Å². The van der Waals surface area contributed by atoms with Crippen molar-refractivity contribution in [3.63, 3.8) is 0 Å². The molecule has 1 aromatic heterocycles. The van der Waals surface area contributed by atoms with E-state index in [1.54, 1.807) is 0 Å². The Hall–Kier alpha value is -2.40. The largest absolute Gasteiger partial charge is 0.325 e. The molecule has 0 bridgehead atoms. The lowest BCUT2D eigenvalue weighted by molar-refractivity contribution is 0.262. The summed E-state index contributed by atoms with van der Waals surface area (Å²) < 4.78 is 1.09. The number of carbonyl (C=O) groups is 1. The molecule has 3 aromatic rings. The van der Waals surface area contributed by atoms with E-state index < -0.39 is 0 Å². The van der Waals surface area contributed by atoms with Crippen LogP contribution in [-0.4, -0.2) is 11.0 Å². The van der Waals surface area contributed by atoms with E-state index in [1.165, 1.54) is 16.9 Å². The lowest BCUT2D eigenvalue weighted by atomic mass is 10.0. The molecule has 4 nitrogen and oxygen atoms in total. The predicted molar refractivity (Wildman–Crippen MR) is 102 cm³/mol. The molecule has 2 N–H and O–H groups in total. The maximum atomic E-state index is 12.2. The van der Waals surface area contributed by atoms with Gasteiger partial charge in [0.2, 0.25) is 0 Å². The molecule has 2 amide bonds. The number of anilines is 2. The van der Waals surface area contributed by atoms with Gasteiger partial charge in [0, 0.05) is 5.69 Å². The highest BCUT2D eigenvalue weighted by Crippen LogP contribution is 2.31. The molecule has 0 aliphatic rings. The molecule has 5 heteroatoms. The molecule has 124 valence electrons. The zero-order valence-corrected chi connectivity index (χ0v) is 15.1. The van der Waals surface area contributed by atoms with Gasteiger partial charge in [-0.3, -0.25) is 5.32 Å². The van der Waals surface area contributed by atoms with Crippen LogP contribution >= 0.6 is 11.3 Å². The molecule has 0 unspecified atom stereocenters. The third-order valence-corrected chi connectivity index (χ3v) is 4.71. The highest BCUT2D eigenvalue weighted by molar-refractivity contribution is 7.22. The Kier molecular flexibility index (Phi) is 4.53. The van der Waals surface area contributed by atoms with Crippen molar-refractivity contribution in [1.82, 2.24) is 4.98 Å². The van der Waals surface area contributed by atoms with E-state index in [9.17, 15) is 4.79 Å². The number of fused-ring (bicyclic) bond motifs is 1. The van der Waals surface area contributed by atoms with Crippen LogP contribution in [0.1, 0.15) is 36.5 Å². The molecule has 0 atom stereocenters. The van der Waals surface area contributed by atoms with Crippen LogP contribution in [0.2, 0.25) is 0 Å². The molecule has 1 heterocycles. The summed E-state index contributed by atoms with van der Waals surface area (Å²) >= 11 is 1.49. The minimum Gasteiger partial charge on any atom is -0.308 e. The standard InChI is InChI=1S/C19H21N3OS/c1-11(2)15-6-5-7-16-17(15)21-19(24-16)22-18(23)20-14-9-12(3)8-13(4)10-14/h5-11H,1-4H3,(H2,20,21,22,23). The average Bonchev–Trinajstić information content (AvgIpc) is 2.87. The van der Waals surface area contributed by atoms with E-state index in [0.29, 0.717) is 11.0 Å². The number of aromatic nitrogens is 1. The summed E-state index contributed by atoms with van der Waals surface area (Å²) in [5, 5.41) is 6.32. The molecule has 2 aromatic carbocycles. The molecular formula is C19H21N3OS. The third-order valence-electron chi connectivity index (χ3n) is 3.77. The second-order valence-corrected chi connectivity index (χ2v) is 7.35. The summed E-state index contributed by atoms with van der Waals surface area (Å²) in [6.07, 6.45) is 0. The number of rotatable bonds is 3. The van der Waals surface area contributed by atoms with Gasteiger partial charge in [-0.2, -0.15) is 0 Å². The maximum Gasteiger partial charge on any atom is 0.325 e. The average molecular weight is 339 g/mol. The van der Waals surface area contributed by atoms with Gasteiger partial charge >= 0.3 is 6.03 Å². The number of amides is 2. The maximum absolute atomic E-state index is 12.2. The van der Waals surface area contributed by atoms with Gasteiger partial charge in [0.25, 0.3) is 0 Å². The Bertz CT molecular complexity index is 879. The number of urea groups is 1. The number of thiazole rings is 1. The fourth-order valence-corrected chi connectivity index (χ4v) is 3.69. The molecule has 0 saturated carbocycles. The Morgan fingerprint density at radius 2 is 1.79 bits per heavy atom. The summed E-state index contributed by atoms with van der Waals surface area (Å²) in [7, 11) is 0. The first-order chi connectivity index (χ1) is 11.4. The number of nitrogens with one attached hydrogen (secondary N) is 2. The Balaban J connectivity index is 1.79. The van der Waals surface area contributed by atoms with Gasteiger partial charge in [-0.25, -0.2) is 9.78 Å². The van der Waals surface area contributed by atoms with Crippen LogP contribution in [0.4, 0.5) is 15.6 Å². The SMILES string of the molecule is Cc1cc(C)cc(NC(=O)Nc2nc3c(C(C)C)cccc3s2)c1. The molecule has 0 spiro atoms. The number of nitrogens with zero attached hydrogens (tertiary/aromatic N) is 1. The van der Waals surface area contributed by atoms with Gasteiger partial charge in [-0.05, 0) is 54.7 Å². The van der Waals surface area contributed by atoms with E-state index in [0.717, 1.165) is 27.0 Å². The van der Waals surface area contributed by atoms with E-state index in [4.69, 9.17) is 0 Å². The van der Waals surface area contributed by atoms with Gasteiger partial charge in [0.15, 0.2) is 5.13 Å². The van der Waals surface area contributed by atoms with Crippen LogP contribution in [-0.2, 0) is 0 Å². The van der Waals surface area contributed by atoms with Crippen LogP contribution in [0.3, 0.4) is 0 Å². The smallest absolute Gasteiger partial charge is 0.308 e. The van der Waals surface area contributed by atoms with Crippen molar-refractivity contribution < 1.29 is 4.79 Å². The Labute approximate surface area is 145 Å². The highest BCUT2D eigenvalue weighted by Gasteiger charge is 2.12. The lowest BCUT2D eigenvalue weighted by Gasteiger charge is -2.07. The summed E-state index contributed by atoms with van der Waals surface area (Å²) in [5.41, 5.74) is 5.19. The van der Waals surface area contributed by atoms with Crippen LogP contribution in [0.15, 0.2) is 36.4 Å². The number of benzene rings is 2. The van der Waals surface area contributed by atoms with Gasteiger partial charge in [-0.15, -0.1) is 0 Å². The molecular weight excluding hydrogens is 318 g/mol. The number of hydrogen-bond acceptors (Lipinski definition) is 3. The van der Waals surface area contributed by atoms with Crippen LogP contribution in [0.25, 0.3) is 10.2 Å². The van der Waals surface area contributed by atoms with Gasteiger partial charge in [-0.1, -0.05) is 43.4 Å². The second kappa shape index (κ2) is 6.61. The van der Waals surface area contributed by atoms with Gasteiger partial charge in [0.05, 0.1) is 10.2 Å². The zero-order valence-electron chi connectivity index (χ0n) is 14.3. The minimum atomic E-state index is -0.273. The normalized spacial score (nSPS) is 11.0. The van der Waals surface area contributed by atoms with E-state index in [2.05, 4.69) is 41.6 Å². The first kappa shape index (κ1) is 16.5. The molecule has 0 aliphatic carbocycles. The van der Waals surface area contributed by atoms with Crippen molar-refractivity contribution in [2.45, 2.75) is 33.6 Å². The molecule has 3 rings (SSSR count). The zero-order chi connectivity index (χ0) is 17.3. The van der Waals surface area contributed by atoms with E-state index in [-0.39, 0.29) is 6.03 Å². The topological polar surface area (TPSA) is 54.0 Å². The lowest BCUT2D eigenvalue weighted by Crippen LogP contribution is -2.19. The number of hydrogen-bond donors (Lipinski definition) is 2. The van der Waals surface area contributed by atoms with Crippen molar-refractivity contribution in [2.75, 3.05) is 10.6 Å². The first-order valence-electron chi connectivity index (χ1n) is 7.98. The van der Waals surface area contributed by atoms with Crippen molar-refractivity contribution in [3.05, 3.63) is 53.1 Å². The number of carbonyl (C=O) groups excluding carboxylic acids is 1. The fraction of sp³-hybridized carbons (Fsp3) is 0.263. The van der Waals surface area contributed by atoms with Gasteiger partial charge < -0.3 is 5.32 Å². The van der Waals surface area contributed by atoms with Crippen LogP contribution in [0.5, 0.6) is 0 Å². The van der Waals surface area contributed by atoms with Crippen molar-refractivity contribution in [3.8, 4) is 0 Å². The Morgan fingerprint density at radius 1 is 1.08 bits per heavy atom. The molecule has 0 fully saturated rings. The quantitative estimate of drug-likeness (QED) is 0.645. The van der Waals surface area contributed by atoms with E-state index in [1.807, 2.05) is 38.1 Å². The molecule has 0 aliphatic heterocycles. The van der Waals surface area contributed by atoms with Crippen LogP contribution < -0.4 is 10.6 Å². The minimum absolute atomic E-state index is 0.273. The third kappa shape index (κ3) is 3.57. The summed E-state index contributed by atoms with van der Waals surface area (Å²) in [6.45, 7) is 8.32. The second-order valence-electron chi connectivity index (χ2n) is 6.32. The molecule has 0 radical (unpaired) electrons. The Morgan fingerprint density at radius 3 is 2.46 bits per heavy atom. The van der Waals surface area contributed by atoms with Crippen LogP contribution in [0, 0.1) is 13.8 Å². The van der Waals surface area contributed by atoms with E-state index >= 15 is 0 Å². The predicted octanol–water partition coefficient (Wildman–Crippen LogP) is 5.68. The van der Waals surface area contributed by atoms with Crippen molar-refractivity contribution in [2.24, 2.45) is 0 Å². The summed E-state index contributed by atoms with van der Waals surface area (Å²) in [5.74, 6) is 0.396. The van der Waals surface area contributed by atoms with Crippen molar-refractivity contribution in [1.29, 1.82) is 0 Å². The van der Waals surface area contributed by atoms with Crippen molar-refractivity contribution >= 4 is 38.4 Å². The molecule has 0 saturated heterocycles. The number of aryl methyl sites for hydroxylation is 2. The highest BCUT2D eigenvalue weighted by atomic mass is 32.1.